The van der Waals surface area contributed by atoms with Gasteiger partial charge in [0, 0.05) is 37.1 Å². The topological polar surface area (TPSA) is 381 Å². The van der Waals surface area contributed by atoms with Gasteiger partial charge in [-0.05, 0) is 6.42 Å². The number of fused-ring (bicyclic) bond motifs is 1. The van der Waals surface area contributed by atoms with Crippen molar-refractivity contribution in [3.63, 3.8) is 0 Å². The molecule has 3 heterocycles. The highest BCUT2D eigenvalue weighted by Gasteiger charge is 2.50. The second kappa shape index (κ2) is 30.4. The number of amides is 2. The smallest absolute Gasteiger partial charge is 0.386 e. The molecule has 4 unspecified atom stereocenters. The lowest BCUT2D eigenvalue weighted by atomic mass is 9.87. The second-order valence-electron chi connectivity index (χ2n) is 17.7. The zero-order chi connectivity index (χ0) is 52.0. The average molecular weight is 1080 g/mol. The molecule has 29 heteroatoms. The number of anilines is 1. The van der Waals surface area contributed by atoms with Crippen molar-refractivity contribution >= 4 is 74.9 Å². The molecule has 0 radical (unpaired) electrons. The number of rotatable bonds is 37. The Bertz CT molecular complexity index is 2120. The summed E-state index contributed by atoms with van der Waals surface area (Å²) >= 11 is 0.942. The van der Waals surface area contributed by atoms with Crippen LogP contribution in [0.3, 0.4) is 0 Å². The van der Waals surface area contributed by atoms with Crippen LogP contribution in [-0.2, 0) is 55.5 Å². The van der Waals surface area contributed by atoms with E-state index >= 15 is 0 Å². The molecule has 7 atom stereocenters. The van der Waals surface area contributed by atoms with Crippen LogP contribution in [0, 0.1) is 5.41 Å². The number of aromatic nitrogens is 4. The number of nitrogen functional groups attached to an aromatic ring is 1. The van der Waals surface area contributed by atoms with Crippen LogP contribution in [0.2, 0.25) is 0 Å². The molecule has 25 nitrogen and oxygen atoms in total. The highest BCUT2D eigenvalue weighted by Crippen LogP contribution is 2.61. The van der Waals surface area contributed by atoms with Gasteiger partial charge in [0.15, 0.2) is 22.8 Å². The number of carbonyl (C=O) groups is 4. The molecule has 2 amide bonds. The van der Waals surface area contributed by atoms with Crippen molar-refractivity contribution in [2.75, 3.05) is 37.8 Å². The van der Waals surface area contributed by atoms with Crippen LogP contribution >= 0.6 is 35.2 Å². The van der Waals surface area contributed by atoms with Crippen LogP contribution in [0.4, 0.5) is 5.82 Å². The molecule has 400 valence electrons. The third kappa shape index (κ3) is 23.0. The first-order valence-corrected chi connectivity index (χ1v) is 29.0. The van der Waals surface area contributed by atoms with E-state index in [2.05, 4.69) is 41.3 Å². The molecule has 1 aliphatic heterocycles. The van der Waals surface area contributed by atoms with Gasteiger partial charge >= 0.3 is 23.5 Å². The molecule has 0 aliphatic carbocycles. The number of hydrogen-bond donors (Lipinski definition) is 9. The number of carbonyl (C=O) groups excluding carboxylic acids is 4. The summed E-state index contributed by atoms with van der Waals surface area (Å²) in [5, 5.41) is 26.2. The van der Waals surface area contributed by atoms with Crippen molar-refractivity contribution < 1.29 is 85.3 Å². The molecule has 0 spiro atoms. The van der Waals surface area contributed by atoms with E-state index < -0.39 is 84.6 Å². The molecule has 70 heavy (non-hydrogen) atoms. The predicted octanol–water partition coefficient (Wildman–Crippen LogP) is 4.89. The van der Waals surface area contributed by atoms with Crippen LogP contribution in [-0.4, -0.2) is 128 Å². The summed E-state index contributed by atoms with van der Waals surface area (Å²) in [6.45, 7) is 2.58. The van der Waals surface area contributed by atoms with Gasteiger partial charge in [0.25, 0.3) is 0 Å². The number of nitrogens with zero attached hydrogens (tertiary/aromatic N) is 4. The molecule has 0 saturated carbocycles. The number of thioether (sulfide) groups is 1. The molecule has 0 bridgehead atoms. The standard InChI is InChI=1S/C41H72N7O18P3S/c1-4-5-6-7-8-9-10-11-12-13-14-15-16-17-18-19-29(49)24-32(51)70-23-22-43-31(50)20-21-44-39(54)36(53)41(2,3)26-63-69(60,61)66-68(58,59)62-25-30-35(65-67(55,56)57)34(52)40(64-30)48-28-47-33-37(42)45-27-46-38(33)48/h27-28,30,34-36,40,52-53H,4-26H2,1-3H3,(H,43,50)(H,44,54)(H,58,59)(H,60,61)(H2,42,45,46)(H2,55,56,57)/t30-,34?,35?,36+,40-/m1/s1. The number of ether oxygens (including phenoxy) is 1. The lowest BCUT2D eigenvalue weighted by Crippen LogP contribution is -2.46. The van der Waals surface area contributed by atoms with Gasteiger partial charge in [0.1, 0.15) is 42.0 Å². The number of Topliss-reactive ketones (excluding diaryl/α,β-unsaturated/α-hetero) is 1. The maximum Gasteiger partial charge on any atom is 0.481 e. The van der Waals surface area contributed by atoms with E-state index in [0.29, 0.717) is 6.42 Å². The van der Waals surface area contributed by atoms with Crippen LogP contribution in [0.1, 0.15) is 143 Å². The minimum absolute atomic E-state index is 0.0267. The van der Waals surface area contributed by atoms with Gasteiger partial charge in [0.2, 0.25) is 11.8 Å². The molecule has 2 aromatic heterocycles. The van der Waals surface area contributed by atoms with Crippen LogP contribution < -0.4 is 16.4 Å². The third-order valence-electron chi connectivity index (χ3n) is 11.2. The number of hydrogen-bond acceptors (Lipinski definition) is 19. The number of nitrogens with two attached hydrogens (primary N) is 1. The fourth-order valence-corrected chi connectivity index (χ4v) is 10.8. The highest BCUT2D eigenvalue weighted by molar-refractivity contribution is 8.13. The summed E-state index contributed by atoms with van der Waals surface area (Å²) in [4.78, 5) is 101. The van der Waals surface area contributed by atoms with Gasteiger partial charge in [-0.1, -0.05) is 122 Å². The molecule has 1 fully saturated rings. The molecule has 1 saturated heterocycles. The van der Waals surface area contributed by atoms with E-state index in [9.17, 15) is 62.7 Å². The maximum absolute atomic E-state index is 12.7. The molecule has 10 N–H and O–H groups in total. The Morgan fingerprint density at radius 1 is 0.843 bits per heavy atom. The van der Waals surface area contributed by atoms with Gasteiger partial charge in [-0.3, -0.25) is 37.3 Å². The first-order valence-electron chi connectivity index (χ1n) is 23.5. The van der Waals surface area contributed by atoms with Gasteiger partial charge in [-0.2, -0.15) is 4.31 Å². The third-order valence-corrected chi connectivity index (χ3v) is 15.1. The summed E-state index contributed by atoms with van der Waals surface area (Å²) in [7, 11) is -16.4. The number of imidazole rings is 1. The van der Waals surface area contributed by atoms with Crippen molar-refractivity contribution in [3.8, 4) is 0 Å². The van der Waals surface area contributed by atoms with Crippen LogP contribution in [0.15, 0.2) is 12.7 Å². The zero-order valence-electron chi connectivity index (χ0n) is 40.0. The maximum atomic E-state index is 12.7. The Morgan fingerprint density at radius 2 is 1.43 bits per heavy atom. The first kappa shape index (κ1) is 61.5. The minimum atomic E-state index is -5.59. The molecular formula is C41H72N7O18P3S. The lowest BCUT2D eigenvalue weighted by Gasteiger charge is -2.30. The van der Waals surface area contributed by atoms with Gasteiger partial charge in [-0.15, -0.1) is 0 Å². The number of phosphoric acid groups is 3. The Balaban J connectivity index is 1.28. The largest absolute Gasteiger partial charge is 0.481 e. The molecule has 0 aromatic carbocycles. The number of aliphatic hydroxyl groups is 2. The highest BCUT2D eigenvalue weighted by atomic mass is 32.2. The molecular weight excluding hydrogens is 1000 g/mol. The van der Waals surface area contributed by atoms with Crippen molar-refractivity contribution in [1.82, 2.24) is 30.2 Å². The second-order valence-corrected chi connectivity index (χ2v) is 23.1. The van der Waals surface area contributed by atoms with Crippen LogP contribution in [0.25, 0.3) is 11.2 Å². The van der Waals surface area contributed by atoms with Crippen molar-refractivity contribution in [2.45, 2.75) is 167 Å². The molecule has 1 aliphatic rings. The summed E-state index contributed by atoms with van der Waals surface area (Å²) < 4.78 is 62.4. The normalized spacial score (nSPS) is 19.7. The predicted molar refractivity (Wildman–Crippen MR) is 256 cm³/mol. The Labute approximate surface area is 412 Å². The average Bonchev–Trinajstić information content (AvgIpc) is 3.84. The van der Waals surface area contributed by atoms with E-state index in [1.54, 1.807) is 0 Å². The number of nitrogens with one attached hydrogen (secondary N) is 2. The van der Waals surface area contributed by atoms with E-state index in [4.69, 9.17) is 19.5 Å². The summed E-state index contributed by atoms with van der Waals surface area (Å²) in [5.74, 6) is -1.39. The Kier molecular flexibility index (Phi) is 26.7. The zero-order valence-corrected chi connectivity index (χ0v) is 43.5. The first-order chi connectivity index (χ1) is 32.9. The SMILES string of the molecule is CCCCCCCCCCCCCCCCCC(=O)CC(=O)SCCNC(=O)CCNC(=O)[C@H](O)C(C)(C)COP(=O)(O)OP(=O)(O)OC[C@H]1O[C@@H](n2cnc3c(N)ncnc32)C(O)C1OP(=O)(O)O. The number of aliphatic hydroxyl groups excluding tert-OH is 2. The van der Waals surface area contributed by atoms with E-state index in [0.717, 1.165) is 54.7 Å². The fourth-order valence-electron chi connectivity index (χ4n) is 7.29. The van der Waals surface area contributed by atoms with Crippen molar-refractivity contribution in [3.05, 3.63) is 12.7 Å². The van der Waals surface area contributed by atoms with Crippen molar-refractivity contribution in [1.29, 1.82) is 0 Å². The number of phosphoric ester groups is 3. The van der Waals surface area contributed by atoms with Crippen LogP contribution in [0.5, 0.6) is 0 Å². The molecule has 2 aromatic rings. The number of ketones is 1. The van der Waals surface area contributed by atoms with E-state index in [1.165, 1.54) is 84.5 Å². The van der Waals surface area contributed by atoms with E-state index in [1.807, 2.05) is 0 Å². The Morgan fingerprint density at radius 3 is 2.03 bits per heavy atom. The summed E-state index contributed by atoms with van der Waals surface area (Å²) in [5.41, 5.74) is 4.25. The van der Waals surface area contributed by atoms with Gasteiger partial charge < -0.3 is 50.9 Å². The Hall–Kier alpha value is -2.77. The lowest BCUT2D eigenvalue weighted by molar-refractivity contribution is -0.137. The number of unbranched alkanes of at least 4 members (excludes halogenated alkanes) is 14. The van der Waals surface area contributed by atoms with Gasteiger partial charge in [0.05, 0.1) is 26.0 Å². The molecule has 3 rings (SSSR count). The monoisotopic (exact) mass is 1080 g/mol. The summed E-state index contributed by atoms with van der Waals surface area (Å²) in [6, 6.07) is 0. The quantitative estimate of drug-likeness (QED) is 0.0247. The summed E-state index contributed by atoms with van der Waals surface area (Å²) in [6.07, 6.45) is 11.6. The fraction of sp³-hybridized carbons (Fsp3) is 0.780. The van der Waals surface area contributed by atoms with Crippen molar-refractivity contribution in [2.24, 2.45) is 5.41 Å². The minimum Gasteiger partial charge on any atom is -0.386 e. The van der Waals surface area contributed by atoms with Gasteiger partial charge in [-0.25, -0.2) is 28.6 Å². The van der Waals surface area contributed by atoms with E-state index in [-0.39, 0.29) is 59.6 Å².